The Morgan fingerprint density at radius 1 is 1.28 bits per heavy atom. The Balaban J connectivity index is 2.24. The lowest BCUT2D eigenvalue weighted by Crippen LogP contribution is -2.14. The number of aromatic nitrogens is 1. The molecule has 1 N–H and O–H groups in total. The van der Waals surface area contributed by atoms with Gasteiger partial charge in [-0.25, -0.2) is 9.37 Å². The SMILES string of the molecule is COc1cccc(C(=O)Nc2ccccn2)c1F. The van der Waals surface area contributed by atoms with Gasteiger partial charge in [0.1, 0.15) is 5.82 Å². The molecule has 1 aromatic carbocycles. The number of pyridine rings is 1. The van der Waals surface area contributed by atoms with Gasteiger partial charge in [-0.3, -0.25) is 4.79 Å². The second-order valence-electron chi connectivity index (χ2n) is 3.49. The Morgan fingerprint density at radius 3 is 2.78 bits per heavy atom. The normalized spacial score (nSPS) is 9.89. The van der Waals surface area contributed by atoms with Crippen LogP contribution in [-0.2, 0) is 0 Å². The fraction of sp³-hybridized carbons (Fsp3) is 0.0769. The molecule has 0 fully saturated rings. The number of hydrogen-bond donors (Lipinski definition) is 1. The molecular weight excluding hydrogens is 235 g/mol. The molecule has 5 heteroatoms. The van der Waals surface area contributed by atoms with Gasteiger partial charge >= 0.3 is 0 Å². The zero-order valence-corrected chi connectivity index (χ0v) is 9.68. The molecule has 0 saturated heterocycles. The van der Waals surface area contributed by atoms with Crippen LogP contribution in [0.3, 0.4) is 0 Å². The highest BCUT2D eigenvalue weighted by molar-refractivity contribution is 6.04. The number of hydrogen-bond acceptors (Lipinski definition) is 3. The number of nitrogens with zero attached hydrogens (tertiary/aromatic N) is 1. The van der Waals surface area contributed by atoms with Crippen molar-refractivity contribution in [2.45, 2.75) is 0 Å². The number of carbonyl (C=O) groups excluding carboxylic acids is 1. The van der Waals surface area contributed by atoms with Crippen LogP contribution in [-0.4, -0.2) is 18.0 Å². The minimum Gasteiger partial charge on any atom is -0.494 e. The Bertz CT molecular complexity index is 558. The van der Waals surface area contributed by atoms with E-state index in [1.54, 1.807) is 24.3 Å². The van der Waals surface area contributed by atoms with Crippen molar-refractivity contribution in [1.29, 1.82) is 0 Å². The third kappa shape index (κ3) is 2.45. The summed E-state index contributed by atoms with van der Waals surface area (Å²) in [6.07, 6.45) is 1.54. The molecule has 92 valence electrons. The van der Waals surface area contributed by atoms with Gasteiger partial charge < -0.3 is 10.1 Å². The van der Waals surface area contributed by atoms with Gasteiger partial charge in [0.25, 0.3) is 5.91 Å². The second-order valence-corrected chi connectivity index (χ2v) is 3.49. The van der Waals surface area contributed by atoms with Crippen molar-refractivity contribution in [3.05, 3.63) is 54.0 Å². The van der Waals surface area contributed by atoms with Gasteiger partial charge in [0.15, 0.2) is 11.6 Å². The van der Waals surface area contributed by atoms with E-state index >= 15 is 0 Å². The Hall–Kier alpha value is -2.43. The van der Waals surface area contributed by atoms with Gasteiger partial charge in [-0.2, -0.15) is 0 Å². The van der Waals surface area contributed by atoms with Crippen molar-refractivity contribution >= 4 is 11.7 Å². The van der Waals surface area contributed by atoms with Gasteiger partial charge in [-0.05, 0) is 24.3 Å². The number of rotatable bonds is 3. The van der Waals surface area contributed by atoms with Crippen molar-refractivity contribution in [3.8, 4) is 5.75 Å². The highest BCUT2D eigenvalue weighted by Crippen LogP contribution is 2.20. The van der Waals surface area contributed by atoms with E-state index < -0.39 is 11.7 Å². The van der Waals surface area contributed by atoms with E-state index in [1.165, 1.54) is 25.4 Å². The molecule has 0 radical (unpaired) electrons. The third-order valence-corrected chi connectivity index (χ3v) is 2.33. The van der Waals surface area contributed by atoms with Gasteiger partial charge in [0, 0.05) is 6.20 Å². The summed E-state index contributed by atoms with van der Waals surface area (Å²) in [6, 6.07) is 9.46. The second kappa shape index (κ2) is 5.27. The van der Waals surface area contributed by atoms with E-state index in [0.29, 0.717) is 5.82 Å². The Morgan fingerprint density at radius 2 is 2.11 bits per heavy atom. The molecule has 4 nitrogen and oxygen atoms in total. The van der Waals surface area contributed by atoms with Crippen LogP contribution in [0.1, 0.15) is 10.4 Å². The molecule has 0 saturated carbocycles. The summed E-state index contributed by atoms with van der Waals surface area (Å²) in [6.45, 7) is 0. The van der Waals surface area contributed by atoms with Gasteiger partial charge in [-0.1, -0.05) is 12.1 Å². The fourth-order valence-corrected chi connectivity index (χ4v) is 1.46. The van der Waals surface area contributed by atoms with Crippen LogP contribution < -0.4 is 10.1 Å². The van der Waals surface area contributed by atoms with Gasteiger partial charge in [0.05, 0.1) is 12.7 Å². The summed E-state index contributed by atoms with van der Waals surface area (Å²) < 4.78 is 18.6. The Kier molecular flexibility index (Phi) is 3.52. The number of nitrogens with one attached hydrogen (secondary N) is 1. The summed E-state index contributed by atoms with van der Waals surface area (Å²) in [5, 5.41) is 2.50. The van der Waals surface area contributed by atoms with Gasteiger partial charge in [0.2, 0.25) is 0 Å². The number of carbonyl (C=O) groups is 1. The zero-order valence-electron chi connectivity index (χ0n) is 9.68. The Labute approximate surface area is 103 Å². The van der Waals surface area contributed by atoms with E-state index in [0.717, 1.165) is 0 Å². The average Bonchev–Trinajstić information content (AvgIpc) is 2.40. The lowest BCUT2D eigenvalue weighted by molar-refractivity contribution is 0.102. The van der Waals surface area contributed by atoms with Crippen molar-refractivity contribution in [2.75, 3.05) is 12.4 Å². The lowest BCUT2D eigenvalue weighted by atomic mass is 10.2. The summed E-state index contributed by atoms with van der Waals surface area (Å²) in [4.78, 5) is 15.8. The molecule has 1 heterocycles. The van der Waals surface area contributed by atoms with Crippen LogP contribution in [0.5, 0.6) is 5.75 Å². The zero-order chi connectivity index (χ0) is 13.0. The van der Waals surface area contributed by atoms with E-state index in [4.69, 9.17) is 4.74 Å². The first-order chi connectivity index (χ1) is 8.72. The molecule has 18 heavy (non-hydrogen) atoms. The molecule has 0 aliphatic carbocycles. The van der Waals surface area contributed by atoms with Crippen LogP contribution in [0.4, 0.5) is 10.2 Å². The predicted octanol–water partition coefficient (Wildman–Crippen LogP) is 2.48. The number of halogens is 1. The first-order valence-corrected chi connectivity index (χ1v) is 5.27. The molecule has 2 aromatic rings. The number of benzene rings is 1. The molecule has 0 spiro atoms. The fourth-order valence-electron chi connectivity index (χ4n) is 1.46. The van der Waals surface area contributed by atoms with Crippen LogP contribution >= 0.6 is 0 Å². The van der Waals surface area contributed by atoms with Crippen LogP contribution in [0.25, 0.3) is 0 Å². The molecule has 1 aromatic heterocycles. The number of ether oxygens (including phenoxy) is 1. The molecular formula is C13H11FN2O2. The van der Waals surface area contributed by atoms with Crippen molar-refractivity contribution in [2.24, 2.45) is 0 Å². The van der Waals surface area contributed by atoms with Crippen molar-refractivity contribution in [3.63, 3.8) is 0 Å². The summed E-state index contributed by atoms with van der Waals surface area (Å²) in [5.74, 6) is -0.855. The summed E-state index contributed by atoms with van der Waals surface area (Å²) in [7, 11) is 1.35. The third-order valence-electron chi connectivity index (χ3n) is 2.33. The van der Waals surface area contributed by atoms with Crippen LogP contribution in [0.2, 0.25) is 0 Å². The maximum atomic E-state index is 13.8. The van der Waals surface area contributed by atoms with Crippen molar-refractivity contribution in [1.82, 2.24) is 4.98 Å². The molecule has 0 atom stereocenters. The maximum Gasteiger partial charge on any atom is 0.259 e. The molecule has 2 rings (SSSR count). The largest absolute Gasteiger partial charge is 0.494 e. The van der Waals surface area contributed by atoms with E-state index in [9.17, 15) is 9.18 Å². The maximum absolute atomic E-state index is 13.8. The smallest absolute Gasteiger partial charge is 0.259 e. The lowest BCUT2D eigenvalue weighted by Gasteiger charge is -2.07. The van der Waals surface area contributed by atoms with E-state index in [1.807, 2.05) is 0 Å². The van der Waals surface area contributed by atoms with Crippen LogP contribution in [0, 0.1) is 5.82 Å². The highest BCUT2D eigenvalue weighted by Gasteiger charge is 2.15. The van der Waals surface area contributed by atoms with Gasteiger partial charge in [-0.15, -0.1) is 0 Å². The van der Waals surface area contributed by atoms with E-state index in [-0.39, 0.29) is 11.3 Å². The first kappa shape index (κ1) is 12.0. The summed E-state index contributed by atoms with van der Waals surface area (Å²) >= 11 is 0. The van der Waals surface area contributed by atoms with Crippen molar-refractivity contribution < 1.29 is 13.9 Å². The number of anilines is 1. The summed E-state index contributed by atoms with van der Waals surface area (Å²) in [5.41, 5.74) is -0.0833. The number of methoxy groups -OCH3 is 1. The highest BCUT2D eigenvalue weighted by atomic mass is 19.1. The monoisotopic (exact) mass is 246 g/mol. The standard InChI is InChI=1S/C13H11FN2O2/c1-18-10-6-4-5-9(12(10)14)13(17)16-11-7-2-3-8-15-11/h2-8H,1H3,(H,15,16,17). The minimum absolute atomic E-state index is 0.0312. The quantitative estimate of drug-likeness (QED) is 0.905. The molecule has 0 bridgehead atoms. The molecule has 0 aliphatic heterocycles. The first-order valence-electron chi connectivity index (χ1n) is 5.27. The predicted molar refractivity (Wildman–Crippen MR) is 65.1 cm³/mol. The average molecular weight is 246 g/mol. The molecule has 1 amide bonds. The molecule has 0 aliphatic rings. The molecule has 0 unspecified atom stereocenters. The minimum atomic E-state index is -0.687. The topological polar surface area (TPSA) is 51.2 Å². The van der Waals surface area contributed by atoms with Crippen LogP contribution in [0.15, 0.2) is 42.6 Å². The number of amides is 1. The van der Waals surface area contributed by atoms with E-state index in [2.05, 4.69) is 10.3 Å².